The molecule has 3 atom stereocenters. The van der Waals surface area contributed by atoms with Crippen LogP contribution in [0.25, 0.3) is 10.9 Å². The van der Waals surface area contributed by atoms with E-state index >= 15 is 8.78 Å². The van der Waals surface area contributed by atoms with Crippen molar-refractivity contribution in [3.05, 3.63) is 70.4 Å². The average Bonchev–Trinajstić information content (AvgIpc) is 3.17. The first kappa shape index (κ1) is 31.2. The second-order valence-electron chi connectivity index (χ2n) is 11.2. The molecule has 1 aliphatic rings. The van der Waals surface area contributed by atoms with Crippen molar-refractivity contribution in [2.24, 2.45) is 0 Å². The van der Waals surface area contributed by atoms with Gasteiger partial charge in [-0.05, 0) is 63.4 Å². The molecule has 1 aliphatic heterocycles. The van der Waals surface area contributed by atoms with Crippen molar-refractivity contribution in [1.29, 1.82) is 0 Å². The number of hydrogen-bond donors (Lipinski definition) is 2. The molecular weight excluding hydrogens is 567 g/mol. The molecular formula is C29H31F5N2O6. The van der Waals surface area contributed by atoms with Gasteiger partial charge in [0.1, 0.15) is 23.3 Å². The van der Waals surface area contributed by atoms with Crippen LogP contribution < -0.4 is 0 Å². The Balaban J connectivity index is 1.91. The summed E-state index contributed by atoms with van der Waals surface area (Å²) in [5.41, 5.74) is -1.58. The Morgan fingerprint density at radius 3 is 2.26 bits per heavy atom. The van der Waals surface area contributed by atoms with Crippen LogP contribution in [-0.4, -0.2) is 62.9 Å². The summed E-state index contributed by atoms with van der Waals surface area (Å²) in [5, 5.41) is 20.0. The number of nitrogens with zero attached hydrogens (tertiary/aromatic N) is 2. The summed E-state index contributed by atoms with van der Waals surface area (Å²) in [5.74, 6) is -2.56. The highest BCUT2D eigenvalue weighted by Crippen LogP contribution is 2.45. The second-order valence-corrected chi connectivity index (χ2v) is 11.2. The molecule has 0 bridgehead atoms. The van der Waals surface area contributed by atoms with E-state index in [1.165, 1.54) is 13.0 Å². The lowest BCUT2D eigenvalue weighted by molar-refractivity contribution is -0.155. The third-order valence-corrected chi connectivity index (χ3v) is 7.00. The van der Waals surface area contributed by atoms with Crippen LogP contribution in [0.4, 0.5) is 31.5 Å². The van der Waals surface area contributed by atoms with Gasteiger partial charge in [0.15, 0.2) is 0 Å². The molecule has 2 aromatic carbocycles. The lowest BCUT2D eigenvalue weighted by Gasteiger charge is -2.42. The zero-order chi connectivity index (χ0) is 31.1. The number of aromatic nitrogens is 1. The molecule has 1 aromatic heterocycles. The Hall–Kier alpha value is -3.71. The molecule has 0 aliphatic carbocycles. The summed E-state index contributed by atoms with van der Waals surface area (Å²) in [4.78, 5) is 25.5. The van der Waals surface area contributed by atoms with Gasteiger partial charge in [-0.1, -0.05) is 18.2 Å². The number of aliphatic hydroxyl groups excluding tert-OH is 1. The second kappa shape index (κ2) is 11.5. The number of ether oxygens (including phenoxy) is 2. The van der Waals surface area contributed by atoms with E-state index in [0.717, 1.165) is 21.6 Å². The molecule has 0 spiro atoms. The van der Waals surface area contributed by atoms with Gasteiger partial charge < -0.3 is 19.7 Å². The molecule has 0 saturated carbocycles. The fourth-order valence-corrected chi connectivity index (χ4v) is 5.47. The van der Waals surface area contributed by atoms with E-state index in [2.05, 4.69) is 0 Å². The SMILES string of the molecule is C[C@@H]1Cc2c(n(C(=O)O)c3ccccc23)[C@@H](c2c(F)cc([C@@H](CCO)OC(=O)OC(C)(C)C)cc2F)N1CC(F)(F)F. The predicted molar refractivity (Wildman–Crippen MR) is 141 cm³/mol. The monoisotopic (exact) mass is 598 g/mol. The molecule has 42 heavy (non-hydrogen) atoms. The van der Waals surface area contributed by atoms with Crippen molar-refractivity contribution in [3.8, 4) is 0 Å². The molecule has 13 heteroatoms. The molecule has 0 fully saturated rings. The van der Waals surface area contributed by atoms with E-state index in [4.69, 9.17) is 9.47 Å². The number of fused-ring (bicyclic) bond motifs is 3. The summed E-state index contributed by atoms with van der Waals surface area (Å²) in [6.07, 6.45) is -9.05. The third-order valence-electron chi connectivity index (χ3n) is 7.00. The van der Waals surface area contributed by atoms with E-state index in [0.29, 0.717) is 10.9 Å². The zero-order valence-electron chi connectivity index (χ0n) is 23.3. The highest BCUT2D eigenvalue weighted by atomic mass is 19.4. The molecule has 0 saturated heterocycles. The Bertz CT molecular complexity index is 1470. The Morgan fingerprint density at radius 1 is 1.10 bits per heavy atom. The van der Waals surface area contributed by atoms with Crippen LogP contribution in [0.3, 0.4) is 0 Å². The fourth-order valence-electron chi connectivity index (χ4n) is 5.47. The third kappa shape index (κ3) is 6.36. The van der Waals surface area contributed by atoms with Crippen LogP contribution in [-0.2, 0) is 15.9 Å². The number of benzene rings is 2. The minimum atomic E-state index is -4.77. The van der Waals surface area contributed by atoms with Crippen molar-refractivity contribution < 1.29 is 51.2 Å². The van der Waals surface area contributed by atoms with Gasteiger partial charge in [-0.25, -0.2) is 22.9 Å². The number of hydrogen-bond acceptors (Lipinski definition) is 6. The van der Waals surface area contributed by atoms with Gasteiger partial charge in [-0.3, -0.25) is 4.90 Å². The lowest BCUT2D eigenvalue weighted by Crippen LogP contribution is -2.48. The van der Waals surface area contributed by atoms with E-state index < -0.39 is 72.6 Å². The van der Waals surface area contributed by atoms with E-state index in [1.807, 2.05) is 0 Å². The van der Waals surface area contributed by atoms with E-state index in [-0.39, 0.29) is 29.6 Å². The molecule has 0 amide bonds. The number of carbonyl (C=O) groups excluding carboxylic acids is 1. The highest BCUT2D eigenvalue weighted by Gasteiger charge is 2.45. The summed E-state index contributed by atoms with van der Waals surface area (Å²) in [6, 6.07) is 5.24. The van der Waals surface area contributed by atoms with Gasteiger partial charge in [0.05, 0.1) is 23.8 Å². The van der Waals surface area contributed by atoms with Crippen LogP contribution in [0.15, 0.2) is 36.4 Å². The van der Waals surface area contributed by atoms with Gasteiger partial charge in [-0.15, -0.1) is 0 Å². The van der Waals surface area contributed by atoms with Gasteiger partial charge in [0.2, 0.25) is 0 Å². The number of aliphatic hydroxyl groups is 1. The number of alkyl halides is 3. The fraction of sp³-hybridized carbons (Fsp3) is 0.448. The van der Waals surface area contributed by atoms with Gasteiger partial charge in [0, 0.05) is 30.0 Å². The average molecular weight is 599 g/mol. The maximum atomic E-state index is 16.0. The quantitative estimate of drug-likeness (QED) is 0.240. The zero-order valence-corrected chi connectivity index (χ0v) is 23.3. The smallest absolute Gasteiger partial charge is 0.464 e. The molecule has 2 N–H and O–H groups in total. The van der Waals surface area contributed by atoms with Crippen molar-refractivity contribution in [2.45, 2.75) is 70.5 Å². The molecule has 0 unspecified atom stereocenters. The first-order valence-electron chi connectivity index (χ1n) is 13.2. The summed E-state index contributed by atoms with van der Waals surface area (Å²) in [7, 11) is 0. The minimum Gasteiger partial charge on any atom is -0.464 e. The van der Waals surface area contributed by atoms with Gasteiger partial charge in [-0.2, -0.15) is 13.2 Å². The van der Waals surface area contributed by atoms with Gasteiger partial charge >= 0.3 is 18.4 Å². The molecule has 2 heterocycles. The summed E-state index contributed by atoms with van der Waals surface area (Å²) in [6.45, 7) is 4.11. The van der Waals surface area contributed by atoms with E-state index in [1.54, 1.807) is 39.0 Å². The molecule has 0 radical (unpaired) electrons. The standard InChI is InChI=1S/C29H31F5N2O6/c1-15-11-18-17-7-5-6-8-21(17)36(26(38)39)24(18)25(35(15)14-29(32,33)34)23-19(30)12-16(13-20(23)31)22(9-10-37)41-27(40)42-28(2,3)4/h5-8,12-13,15,22,25,37H,9-11,14H2,1-4H3,(H,38,39)/t15-,22-,25-/m1/s1. The Morgan fingerprint density at radius 2 is 1.71 bits per heavy atom. The maximum absolute atomic E-state index is 16.0. The maximum Gasteiger partial charge on any atom is 0.509 e. The van der Waals surface area contributed by atoms with E-state index in [9.17, 15) is 33.0 Å². The number of rotatable bonds is 6. The van der Waals surface area contributed by atoms with Crippen LogP contribution in [0, 0.1) is 11.6 Å². The minimum absolute atomic E-state index is 0.00628. The highest BCUT2D eigenvalue weighted by molar-refractivity contribution is 5.94. The van der Waals surface area contributed by atoms with Crippen molar-refractivity contribution >= 4 is 23.2 Å². The molecule has 4 rings (SSSR count). The first-order valence-corrected chi connectivity index (χ1v) is 13.2. The van der Waals surface area contributed by atoms with Crippen molar-refractivity contribution in [2.75, 3.05) is 13.2 Å². The molecule has 228 valence electrons. The number of para-hydroxylation sites is 1. The molecule has 8 nitrogen and oxygen atoms in total. The largest absolute Gasteiger partial charge is 0.509 e. The van der Waals surface area contributed by atoms with Crippen LogP contribution in [0.2, 0.25) is 0 Å². The van der Waals surface area contributed by atoms with Gasteiger partial charge in [0.25, 0.3) is 0 Å². The lowest BCUT2D eigenvalue weighted by atomic mass is 9.87. The van der Waals surface area contributed by atoms with Crippen LogP contribution >= 0.6 is 0 Å². The van der Waals surface area contributed by atoms with Crippen LogP contribution in [0.5, 0.6) is 0 Å². The Labute approximate surface area is 238 Å². The Kier molecular flexibility index (Phi) is 8.57. The first-order chi connectivity index (χ1) is 19.5. The normalized spacial score (nSPS) is 18.5. The van der Waals surface area contributed by atoms with Crippen molar-refractivity contribution in [1.82, 2.24) is 9.47 Å². The van der Waals surface area contributed by atoms with Crippen molar-refractivity contribution in [3.63, 3.8) is 0 Å². The summed E-state index contributed by atoms with van der Waals surface area (Å²) >= 11 is 0. The topological polar surface area (TPSA) is 101 Å². The number of carbonyl (C=O) groups is 2. The molecule has 3 aromatic rings. The number of halogens is 5. The summed E-state index contributed by atoms with van der Waals surface area (Å²) < 4.78 is 84.4. The predicted octanol–water partition coefficient (Wildman–Crippen LogP) is 6.72. The van der Waals surface area contributed by atoms with Crippen LogP contribution in [0.1, 0.15) is 68.6 Å². The number of carboxylic acid groups (broad SMARTS) is 1.